The van der Waals surface area contributed by atoms with Gasteiger partial charge in [0.15, 0.2) is 5.69 Å². The largest absolute Gasteiger partial charge is 0.477 e. The second-order valence-electron chi connectivity index (χ2n) is 4.54. The number of carboxylic acids is 1. The van der Waals surface area contributed by atoms with Crippen LogP contribution in [0, 0.1) is 0 Å². The average molecular weight is 266 g/mol. The molecule has 1 aliphatic heterocycles. The van der Waals surface area contributed by atoms with Crippen LogP contribution in [0.2, 0.25) is 0 Å². The molecule has 6 heteroatoms. The van der Waals surface area contributed by atoms with E-state index in [0.29, 0.717) is 19.0 Å². The highest BCUT2D eigenvalue weighted by Gasteiger charge is 2.33. The Kier molecular flexibility index (Phi) is 4.34. The van der Waals surface area contributed by atoms with Crippen molar-refractivity contribution in [3.05, 3.63) is 23.9 Å². The van der Waals surface area contributed by atoms with E-state index in [1.54, 1.807) is 20.3 Å². The van der Waals surface area contributed by atoms with E-state index in [0.717, 1.165) is 6.42 Å². The maximum Gasteiger partial charge on any atom is 0.354 e. The Morgan fingerprint density at radius 1 is 1.53 bits per heavy atom. The van der Waals surface area contributed by atoms with Gasteiger partial charge in [-0.2, -0.15) is 0 Å². The van der Waals surface area contributed by atoms with E-state index >= 15 is 0 Å². The Hall–Kier alpha value is -1.66. The van der Waals surface area contributed by atoms with Gasteiger partial charge in [-0.05, 0) is 18.6 Å². The molecule has 2 rings (SSSR count). The first-order chi connectivity index (χ1) is 9.15. The molecule has 1 saturated heterocycles. The van der Waals surface area contributed by atoms with Crippen LogP contribution in [0.15, 0.2) is 18.2 Å². The standard InChI is InChI=1S/C13H18N2O4/c1-18-8-9-6-10(19-2)7-15(9)12-5-3-4-11(14-12)13(16)17/h3-5,9-10H,6-8H2,1-2H3,(H,16,17)/t9-,10+/m0/s1. The van der Waals surface area contributed by atoms with Gasteiger partial charge >= 0.3 is 5.97 Å². The number of hydrogen-bond acceptors (Lipinski definition) is 5. The lowest BCUT2D eigenvalue weighted by atomic mass is 10.2. The number of methoxy groups -OCH3 is 2. The summed E-state index contributed by atoms with van der Waals surface area (Å²) in [6.45, 7) is 1.26. The van der Waals surface area contributed by atoms with Gasteiger partial charge in [-0.25, -0.2) is 9.78 Å². The normalized spacial score (nSPS) is 22.7. The van der Waals surface area contributed by atoms with E-state index in [2.05, 4.69) is 4.98 Å². The molecule has 0 amide bonds. The minimum absolute atomic E-state index is 0.0505. The molecular weight excluding hydrogens is 248 g/mol. The fourth-order valence-corrected chi connectivity index (χ4v) is 2.38. The molecule has 1 aliphatic rings. The molecule has 1 aromatic heterocycles. The Morgan fingerprint density at radius 3 is 2.95 bits per heavy atom. The first-order valence-electron chi connectivity index (χ1n) is 6.14. The van der Waals surface area contributed by atoms with Crippen LogP contribution >= 0.6 is 0 Å². The topological polar surface area (TPSA) is 71.9 Å². The zero-order valence-corrected chi connectivity index (χ0v) is 11.1. The van der Waals surface area contributed by atoms with Crippen LogP contribution in [0.1, 0.15) is 16.9 Å². The average Bonchev–Trinajstić information content (AvgIpc) is 2.82. The highest BCUT2D eigenvalue weighted by Crippen LogP contribution is 2.25. The number of nitrogens with zero attached hydrogens (tertiary/aromatic N) is 2. The van der Waals surface area contributed by atoms with Gasteiger partial charge in [-0.1, -0.05) is 6.07 Å². The van der Waals surface area contributed by atoms with Gasteiger partial charge in [0.25, 0.3) is 0 Å². The zero-order valence-electron chi connectivity index (χ0n) is 11.1. The SMILES string of the molecule is COC[C@@H]1C[C@@H](OC)CN1c1cccc(C(=O)O)n1. The molecule has 0 aromatic carbocycles. The molecule has 0 radical (unpaired) electrons. The lowest BCUT2D eigenvalue weighted by molar-refractivity contribution is 0.0690. The van der Waals surface area contributed by atoms with Crippen LogP contribution in [-0.4, -0.2) is 55.6 Å². The van der Waals surface area contributed by atoms with E-state index in [4.69, 9.17) is 14.6 Å². The lowest BCUT2D eigenvalue weighted by Crippen LogP contribution is -2.34. The number of anilines is 1. The molecular formula is C13H18N2O4. The molecule has 2 heterocycles. The minimum atomic E-state index is -1.02. The van der Waals surface area contributed by atoms with Crippen LogP contribution in [0.5, 0.6) is 0 Å². The quantitative estimate of drug-likeness (QED) is 0.858. The van der Waals surface area contributed by atoms with Gasteiger partial charge in [-0.3, -0.25) is 0 Å². The van der Waals surface area contributed by atoms with Crippen LogP contribution in [0.25, 0.3) is 0 Å². The Bertz CT molecular complexity index is 452. The van der Waals surface area contributed by atoms with E-state index in [9.17, 15) is 4.79 Å². The highest BCUT2D eigenvalue weighted by atomic mass is 16.5. The maximum absolute atomic E-state index is 11.0. The molecule has 0 spiro atoms. The molecule has 0 bridgehead atoms. The van der Waals surface area contributed by atoms with Crippen molar-refractivity contribution >= 4 is 11.8 Å². The van der Waals surface area contributed by atoms with Crippen molar-refractivity contribution in [2.45, 2.75) is 18.6 Å². The maximum atomic E-state index is 11.0. The van der Waals surface area contributed by atoms with Crippen LogP contribution in [-0.2, 0) is 9.47 Å². The van der Waals surface area contributed by atoms with Crippen molar-refractivity contribution in [2.75, 3.05) is 32.3 Å². The molecule has 6 nitrogen and oxygen atoms in total. The van der Waals surface area contributed by atoms with Gasteiger partial charge in [0.1, 0.15) is 5.82 Å². The molecule has 2 atom stereocenters. The molecule has 0 unspecified atom stereocenters. The number of hydrogen-bond donors (Lipinski definition) is 1. The van der Waals surface area contributed by atoms with Gasteiger partial charge < -0.3 is 19.5 Å². The Labute approximate surface area is 112 Å². The summed E-state index contributed by atoms with van der Waals surface area (Å²) in [5.41, 5.74) is 0.0505. The van der Waals surface area contributed by atoms with Crippen molar-refractivity contribution < 1.29 is 19.4 Å². The van der Waals surface area contributed by atoms with E-state index in [-0.39, 0.29) is 17.8 Å². The van der Waals surface area contributed by atoms with E-state index < -0.39 is 5.97 Å². The fourth-order valence-electron chi connectivity index (χ4n) is 2.38. The number of rotatable bonds is 5. The van der Waals surface area contributed by atoms with Gasteiger partial charge in [0, 0.05) is 20.8 Å². The van der Waals surface area contributed by atoms with Crippen molar-refractivity contribution in [3.63, 3.8) is 0 Å². The summed E-state index contributed by atoms with van der Waals surface area (Å²) in [6, 6.07) is 5.16. The molecule has 1 aromatic rings. The Morgan fingerprint density at radius 2 is 2.32 bits per heavy atom. The van der Waals surface area contributed by atoms with Crippen molar-refractivity contribution in [3.8, 4) is 0 Å². The predicted octanol–water partition coefficient (Wildman–Crippen LogP) is 1.02. The summed E-state index contributed by atoms with van der Waals surface area (Å²) in [7, 11) is 3.33. The van der Waals surface area contributed by atoms with Crippen molar-refractivity contribution in [1.82, 2.24) is 4.98 Å². The summed E-state index contributed by atoms with van der Waals surface area (Å²) >= 11 is 0. The number of ether oxygens (including phenoxy) is 2. The third-order valence-electron chi connectivity index (χ3n) is 3.32. The lowest BCUT2D eigenvalue weighted by Gasteiger charge is -2.24. The second-order valence-corrected chi connectivity index (χ2v) is 4.54. The third kappa shape index (κ3) is 3.02. The summed E-state index contributed by atoms with van der Waals surface area (Å²) in [5, 5.41) is 8.99. The van der Waals surface area contributed by atoms with Gasteiger partial charge in [0.05, 0.1) is 18.8 Å². The minimum Gasteiger partial charge on any atom is -0.477 e. The second kappa shape index (κ2) is 5.99. The number of aromatic carboxylic acids is 1. The van der Waals surface area contributed by atoms with Crippen molar-refractivity contribution in [2.24, 2.45) is 0 Å². The monoisotopic (exact) mass is 266 g/mol. The molecule has 0 saturated carbocycles. The molecule has 1 N–H and O–H groups in total. The highest BCUT2D eigenvalue weighted by molar-refractivity contribution is 5.85. The molecule has 19 heavy (non-hydrogen) atoms. The first-order valence-corrected chi connectivity index (χ1v) is 6.14. The van der Waals surface area contributed by atoms with Gasteiger partial charge in [0.2, 0.25) is 0 Å². The van der Waals surface area contributed by atoms with E-state index in [1.165, 1.54) is 6.07 Å². The summed E-state index contributed by atoms with van der Waals surface area (Å²) in [6.07, 6.45) is 0.971. The van der Waals surface area contributed by atoms with Gasteiger partial charge in [-0.15, -0.1) is 0 Å². The fraction of sp³-hybridized carbons (Fsp3) is 0.538. The van der Waals surface area contributed by atoms with E-state index in [1.807, 2.05) is 11.0 Å². The predicted molar refractivity (Wildman–Crippen MR) is 69.6 cm³/mol. The van der Waals surface area contributed by atoms with Crippen LogP contribution in [0.3, 0.4) is 0 Å². The number of carbonyl (C=O) groups is 1. The van der Waals surface area contributed by atoms with Crippen molar-refractivity contribution in [1.29, 1.82) is 0 Å². The third-order valence-corrected chi connectivity index (χ3v) is 3.32. The summed E-state index contributed by atoms with van der Waals surface area (Å²) in [5.74, 6) is -0.367. The smallest absolute Gasteiger partial charge is 0.354 e. The number of carboxylic acid groups (broad SMARTS) is 1. The zero-order chi connectivity index (χ0) is 13.8. The van der Waals surface area contributed by atoms with Crippen LogP contribution < -0.4 is 4.90 Å². The number of aromatic nitrogens is 1. The summed E-state index contributed by atoms with van der Waals surface area (Å²) in [4.78, 5) is 17.2. The molecule has 104 valence electrons. The summed E-state index contributed by atoms with van der Waals surface area (Å²) < 4.78 is 10.6. The molecule has 1 fully saturated rings. The van der Waals surface area contributed by atoms with Crippen LogP contribution in [0.4, 0.5) is 5.82 Å². The Balaban J connectivity index is 2.23. The number of pyridine rings is 1. The molecule has 0 aliphatic carbocycles. The first kappa shape index (κ1) is 13.8.